The molecule has 0 spiro atoms. The molecule has 2 saturated heterocycles. The standard InChI is InChI=1S/C23H33N3O2/c1-2-3-11-25-13-19-14-26(16-23(19,15-25)17-27)22(28)10-6-7-18-12-24-21-9-5-4-8-20(18)21/h4-5,8-9,12,19,24,27H,2-3,6-7,10-11,13-17H2,1H3/t19-,23+/m0/s1. The highest BCUT2D eigenvalue weighted by Gasteiger charge is 2.52. The first-order valence-corrected chi connectivity index (χ1v) is 10.8. The summed E-state index contributed by atoms with van der Waals surface area (Å²) in [5.41, 5.74) is 2.36. The molecule has 0 bridgehead atoms. The highest BCUT2D eigenvalue weighted by Crippen LogP contribution is 2.42. The van der Waals surface area contributed by atoms with Gasteiger partial charge in [-0.3, -0.25) is 4.79 Å². The Balaban J connectivity index is 1.29. The maximum atomic E-state index is 12.8. The van der Waals surface area contributed by atoms with Gasteiger partial charge in [-0.25, -0.2) is 0 Å². The van der Waals surface area contributed by atoms with Gasteiger partial charge in [0.25, 0.3) is 0 Å². The average Bonchev–Trinajstić information content (AvgIpc) is 3.37. The summed E-state index contributed by atoms with van der Waals surface area (Å²) < 4.78 is 0. The van der Waals surface area contributed by atoms with Crippen LogP contribution in [-0.2, 0) is 11.2 Å². The number of hydrogen-bond acceptors (Lipinski definition) is 3. The molecule has 152 valence electrons. The van der Waals surface area contributed by atoms with E-state index in [1.807, 2.05) is 11.0 Å². The molecule has 28 heavy (non-hydrogen) atoms. The molecule has 5 heteroatoms. The van der Waals surface area contributed by atoms with Gasteiger partial charge in [-0.2, -0.15) is 0 Å². The SMILES string of the molecule is CCCCN1C[C@H]2CN(C(=O)CCCc3c[nH]c4ccccc34)C[C@@]2(CO)C1. The van der Waals surface area contributed by atoms with Crippen LogP contribution in [0.2, 0.25) is 0 Å². The number of aryl methyl sites for hydroxylation is 1. The first-order chi connectivity index (χ1) is 13.6. The van der Waals surface area contributed by atoms with Crippen LogP contribution in [0.15, 0.2) is 30.5 Å². The zero-order chi connectivity index (χ0) is 19.6. The van der Waals surface area contributed by atoms with Gasteiger partial charge in [-0.05, 0) is 43.4 Å². The van der Waals surface area contributed by atoms with Crippen molar-refractivity contribution in [1.29, 1.82) is 0 Å². The summed E-state index contributed by atoms with van der Waals surface area (Å²) in [5, 5.41) is 11.4. The fourth-order valence-electron chi connectivity index (χ4n) is 5.18. The third-order valence-electron chi connectivity index (χ3n) is 6.84. The number of fused-ring (bicyclic) bond motifs is 2. The summed E-state index contributed by atoms with van der Waals surface area (Å²) >= 11 is 0. The molecule has 1 aromatic carbocycles. The summed E-state index contributed by atoms with van der Waals surface area (Å²) in [5.74, 6) is 0.675. The van der Waals surface area contributed by atoms with Crippen molar-refractivity contribution >= 4 is 16.8 Å². The Morgan fingerprint density at radius 2 is 2.11 bits per heavy atom. The van der Waals surface area contributed by atoms with Gasteiger partial charge in [-0.15, -0.1) is 0 Å². The molecule has 2 N–H and O–H groups in total. The molecule has 2 aliphatic heterocycles. The third kappa shape index (κ3) is 3.70. The van der Waals surface area contributed by atoms with E-state index < -0.39 is 0 Å². The highest BCUT2D eigenvalue weighted by molar-refractivity contribution is 5.83. The number of nitrogens with one attached hydrogen (secondary N) is 1. The minimum Gasteiger partial charge on any atom is -0.396 e. The fraction of sp³-hybridized carbons (Fsp3) is 0.609. The molecular weight excluding hydrogens is 350 g/mol. The summed E-state index contributed by atoms with van der Waals surface area (Å²) in [6, 6.07) is 8.33. The molecule has 3 heterocycles. The van der Waals surface area contributed by atoms with Crippen molar-refractivity contribution in [2.45, 2.75) is 39.0 Å². The highest BCUT2D eigenvalue weighted by atomic mass is 16.3. The minimum absolute atomic E-state index is 0.0970. The van der Waals surface area contributed by atoms with E-state index >= 15 is 0 Å². The molecule has 2 fully saturated rings. The number of aliphatic hydroxyl groups excluding tert-OH is 1. The predicted molar refractivity (Wildman–Crippen MR) is 112 cm³/mol. The summed E-state index contributed by atoms with van der Waals surface area (Å²) in [7, 11) is 0. The van der Waals surface area contributed by atoms with Gasteiger partial charge in [0.2, 0.25) is 5.91 Å². The van der Waals surface area contributed by atoms with Crippen LogP contribution >= 0.6 is 0 Å². The Morgan fingerprint density at radius 3 is 2.89 bits per heavy atom. The lowest BCUT2D eigenvalue weighted by Crippen LogP contribution is -2.39. The molecule has 2 atom stereocenters. The number of hydrogen-bond donors (Lipinski definition) is 2. The van der Waals surface area contributed by atoms with E-state index in [1.165, 1.54) is 23.8 Å². The van der Waals surface area contributed by atoms with Crippen molar-refractivity contribution in [3.8, 4) is 0 Å². The number of rotatable bonds is 8. The first-order valence-electron chi connectivity index (χ1n) is 10.8. The number of unbranched alkanes of at least 4 members (excludes halogenated alkanes) is 1. The second-order valence-electron chi connectivity index (χ2n) is 8.79. The van der Waals surface area contributed by atoms with Crippen molar-refractivity contribution < 1.29 is 9.90 Å². The maximum Gasteiger partial charge on any atom is 0.222 e. The molecule has 5 nitrogen and oxygen atoms in total. The molecule has 0 radical (unpaired) electrons. The quantitative estimate of drug-likeness (QED) is 0.737. The number of nitrogens with zero attached hydrogens (tertiary/aromatic N) is 2. The van der Waals surface area contributed by atoms with Crippen LogP contribution in [0.1, 0.15) is 38.2 Å². The van der Waals surface area contributed by atoms with Crippen molar-refractivity contribution in [2.75, 3.05) is 39.3 Å². The van der Waals surface area contributed by atoms with E-state index in [9.17, 15) is 9.90 Å². The second kappa shape index (κ2) is 8.26. The van der Waals surface area contributed by atoms with E-state index in [0.29, 0.717) is 12.3 Å². The molecule has 4 rings (SSSR count). The smallest absolute Gasteiger partial charge is 0.222 e. The Bertz CT molecular complexity index is 817. The monoisotopic (exact) mass is 383 g/mol. The lowest BCUT2D eigenvalue weighted by Gasteiger charge is -2.27. The van der Waals surface area contributed by atoms with E-state index in [0.717, 1.165) is 51.1 Å². The molecule has 2 aromatic rings. The number of aliphatic hydroxyl groups is 1. The van der Waals surface area contributed by atoms with Gasteiger partial charge in [-0.1, -0.05) is 31.5 Å². The van der Waals surface area contributed by atoms with Crippen LogP contribution in [0.5, 0.6) is 0 Å². The molecule has 0 aliphatic carbocycles. The van der Waals surface area contributed by atoms with E-state index in [2.05, 4.69) is 41.2 Å². The van der Waals surface area contributed by atoms with Gasteiger partial charge in [0.1, 0.15) is 0 Å². The van der Waals surface area contributed by atoms with Crippen molar-refractivity contribution in [2.24, 2.45) is 11.3 Å². The zero-order valence-electron chi connectivity index (χ0n) is 17.0. The van der Waals surface area contributed by atoms with Gasteiger partial charge in [0, 0.05) is 55.1 Å². The summed E-state index contributed by atoms with van der Waals surface area (Å²) in [4.78, 5) is 20.6. The largest absolute Gasteiger partial charge is 0.396 e. The predicted octanol–water partition coefficient (Wildman–Crippen LogP) is 3.04. The second-order valence-corrected chi connectivity index (χ2v) is 8.79. The maximum absolute atomic E-state index is 12.8. The van der Waals surface area contributed by atoms with Crippen LogP contribution in [0, 0.1) is 11.3 Å². The molecule has 2 aliphatic rings. The molecule has 1 aromatic heterocycles. The number of carbonyl (C=O) groups is 1. The van der Waals surface area contributed by atoms with Gasteiger partial charge in [0.15, 0.2) is 0 Å². The van der Waals surface area contributed by atoms with Gasteiger partial charge >= 0.3 is 0 Å². The number of likely N-dealkylation sites (tertiary alicyclic amines) is 2. The number of carbonyl (C=O) groups excluding carboxylic acids is 1. The Hall–Kier alpha value is -1.85. The number of benzene rings is 1. The molecule has 1 amide bonds. The normalized spacial score (nSPS) is 24.9. The van der Waals surface area contributed by atoms with Crippen molar-refractivity contribution in [1.82, 2.24) is 14.8 Å². The Morgan fingerprint density at radius 1 is 1.25 bits per heavy atom. The number of aromatic nitrogens is 1. The Labute approximate surface area is 167 Å². The van der Waals surface area contributed by atoms with Crippen LogP contribution in [0.3, 0.4) is 0 Å². The lowest BCUT2D eigenvalue weighted by molar-refractivity contribution is -0.131. The fourth-order valence-corrected chi connectivity index (χ4v) is 5.18. The summed E-state index contributed by atoms with van der Waals surface area (Å²) in [6.45, 7) is 7.03. The molecule has 0 unspecified atom stereocenters. The van der Waals surface area contributed by atoms with E-state index in [-0.39, 0.29) is 17.9 Å². The number of para-hydroxylation sites is 1. The lowest BCUT2D eigenvalue weighted by atomic mass is 9.82. The van der Waals surface area contributed by atoms with E-state index in [1.54, 1.807) is 0 Å². The molecule has 0 saturated carbocycles. The molecular formula is C23H33N3O2. The Kier molecular flexibility index (Phi) is 5.74. The summed E-state index contributed by atoms with van der Waals surface area (Å²) in [6.07, 6.45) is 6.87. The van der Waals surface area contributed by atoms with E-state index in [4.69, 9.17) is 0 Å². The van der Waals surface area contributed by atoms with Gasteiger partial charge < -0.3 is 19.9 Å². The topological polar surface area (TPSA) is 59.6 Å². The first kappa shape index (κ1) is 19.5. The van der Waals surface area contributed by atoms with Crippen LogP contribution in [-0.4, -0.2) is 65.1 Å². The van der Waals surface area contributed by atoms with Crippen molar-refractivity contribution in [3.63, 3.8) is 0 Å². The number of aromatic amines is 1. The van der Waals surface area contributed by atoms with Crippen LogP contribution in [0.4, 0.5) is 0 Å². The van der Waals surface area contributed by atoms with Crippen LogP contribution in [0.25, 0.3) is 10.9 Å². The number of H-pyrrole nitrogens is 1. The minimum atomic E-state index is -0.0970. The van der Waals surface area contributed by atoms with Crippen molar-refractivity contribution in [3.05, 3.63) is 36.0 Å². The zero-order valence-corrected chi connectivity index (χ0v) is 17.0. The third-order valence-corrected chi connectivity index (χ3v) is 6.84. The van der Waals surface area contributed by atoms with Crippen LogP contribution < -0.4 is 0 Å². The number of amides is 1. The van der Waals surface area contributed by atoms with Gasteiger partial charge in [0.05, 0.1) is 6.61 Å². The average molecular weight is 384 g/mol.